The molecule has 1 saturated heterocycles. The number of H-pyrrole nitrogens is 1. The van der Waals surface area contributed by atoms with Gasteiger partial charge in [0.25, 0.3) is 11.1 Å². The number of hydrogen-bond acceptors (Lipinski definition) is 8. The molecule has 1 fully saturated rings. The first kappa shape index (κ1) is 26.3. The van der Waals surface area contributed by atoms with E-state index < -0.39 is 42.3 Å². The van der Waals surface area contributed by atoms with Crippen molar-refractivity contribution in [1.29, 1.82) is 0 Å². The second-order valence-corrected chi connectivity index (χ2v) is 8.09. The molecule has 14 heteroatoms. The van der Waals surface area contributed by atoms with Gasteiger partial charge in [-0.2, -0.15) is 22.5 Å². The number of fused-ring (bicyclic) bond motifs is 1. The number of Topliss-reactive ketones (excluding diaryl/α,β-unsaturated/α-hetero) is 1. The van der Waals surface area contributed by atoms with Crippen molar-refractivity contribution in [3.8, 4) is 0 Å². The van der Waals surface area contributed by atoms with E-state index in [1.54, 1.807) is 13.8 Å². The zero-order chi connectivity index (χ0) is 25.8. The van der Waals surface area contributed by atoms with Crippen molar-refractivity contribution in [3.05, 3.63) is 45.1 Å². The molecule has 35 heavy (non-hydrogen) atoms. The monoisotopic (exact) mass is 502 g/mol. The molecule has 0 amide bonds. The molecule has 0 spiro atoms. The van der Waals surface area contributed by atoms with Gasteiger partial charge in [-0.3, -0.25) is 19.0 Å². The Kier molecular flexibility index (Phi) is 8.25. The van der Waals surface area contributed by atoms with Gasteiger partial charge >= 0.3 is 6.18 Å². The van der Waals surface area contributed by atoms with Crippen LogP contribution in [0.2, 0.25) is 0 Å². The van der Waals surface area contributed by atoms with E-state index in [0.717, 1.165) is 9.47 Å². The van der Waals surface area contributed by atoms with Crippen LogP contribution in [0.1, 0.15) is 26.7 Å². The number of ketones is 1. The predicted molar refractivity (Wildman–Crippen MR) is 118 cm³/mol. The van der Waals surface area contributed by atoms with E-state index in [1.165, 1.54) is 23.5 Å². The van der Waals surface area contributed by atoms with Gasteiger partial charge in [-0.25, -0.2) is 4.98 Å². The van der Waals surface area contributed by atoms with E-state index >= 15 is 0 Å². The minimum atomic E-state index is -4.61. The van der Waals surface area contributed by atoms with E-state index in [0.29, 0.717) is 0 Å². The molecule has 192 valence electrons. The molecule has 2 aliphatic rings. The minimum absolute atomic E-state index is 0.0415. The van der Waals surface area contributed by atoms with Crippen LogP contribution in [0.3, 0.4) is 0 Å². The third-order valence-electron chi connectivity index (χ3n) is 5.69. The summed E-state index contributed by atoms with van der Waals surface area (Å²) < 4.78 is 61.6. The fourth-order valence-electron chi connectivity index (χ4n) is 3.83. The van der Waals surface area contributed by atoms with Crippen LogP contribution >= 0.6 is 0 Å². The average Bonchev–Trinajstić information content (AvgIpc) is 2.82. The lowest BCUT2D eigenvalue weighted by Crippen LogP contribution is -2.55. The van der Waals surface area contributed by atoms with E-state index in [-0.39, 0.29) is 56.1 Å². The van der Waals surface area contributed by atoms with E-state index in [4.69, 9.17) is 4.74 Å². The van der Waals surface area contributed by atoms with Crippen LogP contribution in [-0.2, 0) is 16.1 Å². The summed E-state index contributed by atoms with van der Waals surface area (Å²) in [5.74, 6) is -2.16. The highest BCUT2D eigenvalue weighted by molar-refractivity contribution is 5.83. The number of aromatic nitrogens is 4. The molecule has 2 aromatic heterocycles. The highest BCUT2D eigenvalue weighted by Crippen LogP contribution is 2.35. The number of ether oxygens (including phenoxy) is 1. The number of alkyl halides is 3. The van der Waals surface area contributed by atoms with Gasteiger partial charge in [0.05, 0.1) is 32.1 Å². The highest BCUT2D eigenvalue weighted by atomic mass is 19.4. The van der Waals surface area contributed by atoms with Crippen molar-refractivity contribution in [1.82, 2.24) is 19.5 Å². The fraction of sp³-hybridized carbons (Fsp3) is 0.571. The maximum absolute atomic E-state index is 14.7. The summed E-state index contributed by atoms with van der Waals surface area (Å²) >= 11 is 0. The van der Waals surface area contributed by atoms with Gasteiger partial charge in [-0.05, 0) is 13.3 Å². The maximum Gasteiger partial charge on any atom is 0.408 e. The van der Waals surface area contributed by atoms with Crippen LogP contribution < -0.4 is 20.9 Å². The molecule has 0 aliphatic carbocycles. The first-order valence-corrected chi connectivity index (χ1v) is 11.0. The lowest BCUT2D eigenvalue weighted by Gasteiger charge is -2.40. The van der Waals surface area contributed by atoms with Crippen molar-refractivity contribution >= 4 is 17.5 Å². The van der Waals surface area contributed by atoms with Crippen LogP contribution in [0, 0.1) is 5.82 Å². The van der Waals surface area contributed by atoms with Gasteiger partial charge in [0.2, 0.25) is 11.8 Å². The Morgan fingerprint density at radius 3 is 2.57 bits per heavy atom. The summed E-state index contributed by atoms with van der Waals surface area (Å²) in [5.41, 5.74) is -1.15. The molecular formula is C21H26F4N6O4. The summed E-state index contributed by atoms with van der Waals surface area (Å²) in [6, 6.07) is -0.902. The van der Waals surface area contributed by atoms with E-state index in [2.05, 4.69) is 15.0 Å². The summed E-state index contributed by atoms with van der Waals surface area (Å²) in [5, 5.41) is 0. The number of carbonyl (C=O) groups is 1. The zero-order valence-corrected chi connectivity index (χ0v) is 19.2. The summed E-state index contributed by atoms with van der Waals surface area (Å²) in [4.78, 5) is 47.0. The molecule has 10 nitrogen and oxygen atoms in total. The number of rotatable bonds is 4. The van der Waals surface area contributed by atoms with Gasteiger partial charge in [0.15, 0.2) is 11.6 Å². The number of nitrogens with zero attached hydrogens (tertiary/aromatic N) is 5. The number of halogens is 4. The van der Waals surface area contributed by atoms with Crippen molar-refractivity contribution in [2.75, 3.05) is 36.1 Å². The minimum Gasteiger partial charge on any atom is -0.377 e. The number of hydrogen-bond donors (Lipinski definition) is 1. The number of anilines is 2. The molecule has 0 unspecified atom stereocenters. The fourth-order valence-corrected chi connectivity index (χ4v) is 3.83. The standard InChI is InChI=1S/C17H22F4N4O3.C4H4N2O/c1-3-11(26)8-25-12(17(19,20)21)4-5-24-15(27)13(18)14(22-16(24)25)23-6-7-28-9-10(23)2;7-4-1-2-5-3-6-4/h10,12H,3-9H2,1-2H3;1-3H,(H,5,6,7)/t10-,12+;/m1./s1. The second kappa shape index (κ2) is 11.0. The number of aromatic amines is 1. The smallest absolute Gasteiger partial charge is 0.377 e. The molecule has 2 atom stereocenters. The third-order valence-corrected chi connectivity index (χ3v) is 5.69. The van der Waals surface area contributed by atoms with Crippen molar-refractivity contribution in [2.24, 2.45) is 0 Å². The normalized spacial score (nSPS) is 20.1. The van der Waals surface area contributed by atoms with Gasteiger partial charge < -0.3 is 19.5 Å². The van der Waals surface area contributed by atoms with Crippen molar-refractivity contribution in [3.63, 3.8) is 0 Å². The van der Waals surface area contributed by atoms with E-state index in [9.17, 15) is 31.9 Å². The molecule has 4 heterocycles. The lowest BCUT2D eigenvalue weighted by molar-refractivity contribution is -0.153. The van der Waals surface area contributed by atoms with Crippen molar-refractivity contribution < 1.29 is 27.1 Å². The Bertz CT molecular complexity index is 1130. The molecule has 0 saturated carbocycles. The van der Waals surface area contributed by atoms with Crippen LogP contribution in [-0.4, -0.2) is 69.9 Å². The Morgan fingerprint density at radius 1 is 1.29 bits per heavy atom. The Labute approximate surface area is 197 Å². The molecule has 1 N–H and O–H groups in total. The SMILES string of the molecule is CCC(=O)CN1c2nc(N3CCOC[C@H]3C)c(F)c(=O)n2CC[C@H]1C(F)(F)F.O=c1ccnc[nH]1. The molecule has 0 bridgehead atoms. The maximum atomic E-state index is 14.7. The highest BCUT2D eigenvalue weighted by Gasteiger charge is 2.47. The first-order chi connectivity index (χ1) is 16.5. The number of nitrogens with one attached hydrogen (secondary N) is 1. The molecule has 4 rings (SSSR count). The Morgan fingerprint density at radius 2 is 2.03 bits per heavy atom. The van der Waals surface area contributed by atoms with Crippen molar-refractivity contribution in [2.45, 2.75) is 51.5 Å². The van der Waals surface area contributed by atoms with Crippen LogP contribution in [0.25, 0.3) is 0 Å². The van der Waals surface area contributed by atoms with Gasteiger partial charge in [-0.1, -0.05) is 6.92 Å². The zero-order valence-electron chi connectivity index (χ0n) is 19.2. The quantitative estimate of drug-likeness (QED) is 0.626. The van der Waals surface area contributed by atoms with Gasteiger partial charge in [0, 0.05) is 31.8 Å². The molecule has 0 aromatic carbocycles. The summed E-state index contributed by atoms with van der Waals surface area (Å²) in [6.45, 7) is 3.24. The molecule has 2 aliphatic heterocycles. The molecule has 0 radical (unpaired) electrons. The first-order valence-electron chi connectivity index (χ1n) is 11.0. The van der Waals surface area contributed by atoms with Gasteiger partial charge in [0.1, 0.15) is 6.04 Å². The van der Waals surface area contributed by atoms with E-state index in [1.807, 2.05) is 0 Å². The summed E-state index contributed by atoms with van der Waals surface area (Å²) in [6.07, 6.45) is -2.24. The van der Waals surface area contributed by atoms with Crippen LogP contribution in [0.4, 0.5) is 29.3 Å². The summed E-state index contributed by atoms with van der Waals surface area (Å²) in [7, 11) is 0. The molecular weight excluding hydrogens is 476 g/mol. The second-order valence-electron chi connectivity index (χ2n) is 8.09. The van der Waals surface area contributed by atoms with Crippen LogP contribution in [0.5, 0.6) is 0 Å². The third kappa shape index (κ3) is 6.05. The number of carbonyl (C=O) groups excluding carboxylic acids is 1. The predicted octanol–water partition coefficient (Wildman–Crippen LogP) is 1.50. The topological polar surface area (TPSA) is 113 Å². The van der Waals surface area contributed by atoms with Crippen LogP contribution in [0.15, 0.2) is 28.2 Å². The average molecular weight is 502 g/mol. The van der Waals surface area contributed by atoms with Gasteiger partial charge in [-0.15, -0.1) is 0 Å². The molecule has 2 aromatic rings. The number of morpholine rings is 1. The Balaban J connectivity index is 0.000000420. The largest absolute Gasteiger partial charge is 0.408 e. The Hall–Kier alpha value is -3.29. The lowest BCUT2D eigenvalue weighted by atomic mass is 10.1.